The number of hydrogen-bond donors (Lipinski definition) is 0. The summed E-state index contributed by atoms with van der Waals surface area (Å²) in [6, 6.07) is 5.68. The lowest BCUT2D eigenvalue weighted by atomic mass is 9.98. The molecule has 0 N–H and O–H groups in total. The number of aryl methyl sites for hydroxylation is 1. The monoisotopic (exact) mass is 343 g/mol. The standard InChI is InChI=1S/C17H17N3O5/c1-4-25-17(24)13-12-14(20(18-13)10(3)21)16(23)19(15(12)22)11-7-5-9(2)6-8-11/h5-8,12,14H,4H2,1-3H3. The highest BCUT2D eigenvalue weighted by Gasteiger charge is 2.59. The molecule has 0 radical (unpaired) electrons. The molecule has 0 saturated carbocycles. The lowest BCUT2D eigenvalue weighted by Crippen LogP contribution is -2.41. The van der Waals surface area contributed by atoms with Crippen LogP contribution in [0.25, 0.3) is 0 Å². The fourth-order valence-corrected chi connectivity index (χ4v) is 3.00. The lowest BCUT2D eigenvalue weighted by molar-refractivity contribution is -0.136. The number of rotatable bonds is 3. The topological polar surface area (TPSA) is 96.3 Å². The summed E-state index contributed by atoms with van der Waals surface area (Å²) in [5, 5.41) is 4.79. The van der Waals surface area contributed by atoms with E-state index in [1.54, 1.807) is 31.2 Å². The highest BCUT2D eigenvalue weighted by molar-refractivity contribution is 6.47. The Balaban J connectivity index is 2.03. The molecule has 8 heteroatoms. The van der Waals surface area contributed by atoms with Crippen LogP contribution in [0.1, 0.15) is 19.4 Å². The molecule has 25 heavy (non-hydrogen) atoms. The van der Waals surface area contributed by atoms with Crippen molar-refractivity contribution in [1.29, 1.82) is 0 Å². The molecule has 3 amide bonds. The van der Waals surface area contributed by atoms with Gasteiger partial charge in [-0.25, -0.2) is 14.7 Å². The van der Waals surface area contributed by atoms with Gasteiger partial charge in [0, 0.05) is 6.92 Å². The Labute approximate surface area is 144 Å². The summed E-state index contributed by atoms with van der Waals surface area (Å²) in [5.74, 6) is -3.64. The first-order chi connectivity index (χ1) is 11.9. The average Bonchev–Trinajstić information content (AvgIpc) is 3.07. The quantitative estimate of drug-likeness (QED) is 0.592. The summed E-state index contributed by atoms with van der Waals surface area (Å²) < 4.78 is 4.91. The van der Waals surface area contributed by atoms with E-state index >= 15 is 0 Å². The normalized spacial score (nSPS) is 22.1. The van der Waals surface area contributed by atoms with Gasteiger partial charge in [0.15, 0.2) is 11.8 Å². The average molecular weight is 343 g/mol. The Kier molecular flexibility index (Phi) is 4.12. The molecular weight excluding hydrogens is 326 g/mol. The van der Waals surface area contributed by atoms with E-state index in [0.29, 0.717) is 5.69 Å². The fraction of sp³-hybridized carbons (Fsp3) is 0.353. The van der Waals surface area contributed by atoms with Crippen LogP contribution in [-0.2, 0) is 23.9 Å². The number of fused-ring (bicyclic) bond motifs is 1. The zero-order chi connectivity index (χ0) is 18.3. The summed E-state index contributed by atoms with van der Waals surface area (Å²) in [4.78, 5) is 50.6. The van der Waals surface area contributed by atoms with Crippen molar-refractivity contribution < 1.29 is 23.9 Å². The summed E-state index contributed by atoms with van der Waals surface area (Å²) >= 11 is 0. The second-order valence-electron chi connectivity index (χ2n) is 5.84. The van der Waals surface area contributed by atoms with E-state index in [4.69, 9.17) is 4.74 Å². The molecule has 3 rings (SSSR count). The van der Waals surface area contributed by atoms with E-state index in [1.165, 1.54) is 6.92 Å². The molecular formula is C17H17N3O5. The van der Waals surface area contributed by atoms with Gasteiger partial charge >= 0.3 is 5.97 Å². The van der Waals surface area contributed by atoms with Gasteiger partial charge < -0.3 is 4.74 Å². The molecule has 0 bridgehead atoms. The minimum atomic E-state index is -1.15. The molecule has 0 aliphatic carbocycles. The summed E-state index contributed by atoms with van der Waals surface area (Å²) in [5.41, 5.74) is 1.15. The molecule has 1 aromatic rings. The number of esters is 1. The van der Waals surface area contributed by atoms with Gasteiger partial charge in [-0.15, -0.1) is 0 Å². The van der Waals surface area contributed by atoms with E-state index in [1.807, 2.05) is 6.92 Å². The Morgan fingerprint density at radius 2 is 1.80 bits per heavy atom. The Morgan fingerprint density at radius 1 is 1.16 bits per heavy atom. The number of carbonyl (C=O) groups excluding carboxylic acids is 4. The van der Waals surface area contributed by atoms with E-state index in [2.05, 4.69) is 5.10 Å². The van der Waals surface area contributed by atoms with Gasteiger partial charge in [-0.1, -0.05) is 17.7 Å². The first-order valence-electron chi connectivity index (χ1n) is 7.86. The van der Waals surface area contributed by atoms with E-state index < -0.39 is 35.7 Å². The van der Waals surface area contributed by atoms with Crippen molar-refractivity contribution in [2.24, 2.45) is 11.0 Å². The Bertz CT molecular complexity index is 799. The van der Waals surface area contributed by atoms with Crippen molar-refractivity contribution in [2.75, 3.05) is 11.5 Å². The van der Waals surface area contributed by atoms with Crippen molar-refractivity contribution >= 4 is 35.1 Å². The zero-order valence-electron chi connectivity index (χ0n) is 14.1. The third-order valence-electron chi connectivity index (χ3n) is 4.15. The second-order valence-corrected chi connectivity index (χ2v) is 5.84. The number of anilines is 1. The predicted molar refractivity (Wildman–Crippen MR) is 87.5 cm³/mol. The Morgan fingerprint density at radius 3 is 2.36 bits per heavy atom. The van der Waals surface area contributed by atoms with Gasteiger partial charge in [0.2, 0.25) is 11.8 Å². The van der Waals surface area contributed by atoms with Crippen molar-refractivity contribution in [2.45, 2.75) is 26.8 Å². The number of hydrazone groups is 1. The van der Waals surface area contributed by atoms with Gasteiger partial charge in [-0.05, 0) is 26.0 Å². The fourth-order valence-electron chi connectivity index (χ4n) is 3.00. The minimum absolute atomic E-state index is 0.0964. The highest BCUT2D eigenvalue weighted by atomic mass is 16.5. The maximum absolute atomic E-state index is 12.8. The lowest BCUT2D eigenvalue weighted by Gasteiger charge is -2.19. The van der Waals surface area contributed by atoms with Crippen LogP contribution in [0.2, 0.25) is 0 Å². The molecule has 2 aliphatic rings. The van der Waals surface area contributed by atoms with Crippen LogP contribution in [0.5, 0.6) is 0 Å². The van der Waals surface area contributed by atoms with Gasteiger partial charge in [0.05, 0.1) is 12.3 Å². The molecule has 130 valence electrons. The first-order valence-corrected chi connectivity index (χ1v) is 7.86. The highest BCUT2D eigenvalue weighted by Crippen LogP contribution is 2.35. The molecule has 2 aliphatic heterocycles. The second kappa shape index (κ2) is 6.12. The largest absolute Gasteiger partial charge is 0.461 e. The van der Waals surface area contributed by atoms with Crippen molar-refractivity contribution in [3.8, 4) is 0 Å². The Hall–Kier alpha value is -3.03. The molecule has 1 saturated heterocycles. The summed E-state index contributed by atoms with van der Waals surface area (Å²) in [6.07, 6.45) is 0. The van der Waals surface area contributed by atoms with Crippen molar-refractivity contribution in [3.05, 3.63) is 29.8 Å². The van der Waals surface area contributed by atoms with E-state index in [9.17, 15) is 19.2 Å². The zero-order valence-corrected chi connectivity index (χ0v) is 14.1. The third kappa shape index (κ3) is 2.59. The third-order valence-corrected chi connectivity index (χ3v) is 4.15. The number of ether oxygens (including phenoxy) is 1. The molecule has 1 fully saturated rings. The first kappa shape index (κ1) is 16.8. The number of benzene rings is 1. The molecule has 0 aromatic heterocycles. The van der Waals surface area contributed by atoms with Gasteiger partial charge in [0.25, 0.3) is 5.91 Å². The number of imide groups is 1. The van der Waals surface area contributed by atoms with Crippen LogP contribution in [0, 0.1) is 12.8 Å². The van der Waals surface area contributed by atoms with Crippen LogP contribution < -0.4 is 4.90 Å². The van der Waals surface area contributed by atoms with Crippen LogP contribution in [-0.4, -0.2) is 47.1 Å². The molecule has 2 atom stereocenters. The molecule has 8 nitrogen and oxygen atoms in total. The van der Waals surface area contributed by atoms with Gasteiger partial charge in [-0.2, -0.15) is 5.10 Å². The van der Waals surface area contributed by atoms with E-state index in [0.717, 1.165) is 15.5 Å². The maximum Gasteiger partial charge on any atom is 0.355 e. The molecule has 1 aromatic carbocycles. The van der Waals surface area contributed by atoms with Crippen LogP contribution in [0.3, 0.4) is 0 Å². The van der Waals surface area contributed by atoms with Crippen molar-refractivity contribution in [1.82, 2.24) is 5.01 Å². The van der Waals surface area contributed by atoms with Gasteiger partial charge in [0.1, 0.15) is 5.92 Å². The number of hydrogen-bond acceptors (Lipinski definition) is 6. The van der Waals surface area contributed by atoms with Crippen molar-refractivity contribution in [3.63, 3.8) is 0 Å². The van der Waals surface area contributed by atoms with Crippen LogP contribution in [0.15, 0.2) is 29.4 Å². The van der Waals surface area contributed by atoms with Crippen LogP contribution >= 0.6 is 0 Å². The van der Waals surface area contributed by atoms with E-state index in [-0.39, 0.29) is 12.3 Å². The van der Waals surface area contributed by atoms with Crippen LogP contribution in [0.4, 0.5) is 5.69 Å². The predicted octanol–water partition coefficient (Wildman–Crippen LogP) is 0.634. The number of nitrogens with zero attached hydrogens (tertiary/aromatic N) is 3. The molecule has 2 heterocycles. The molecule has 2 unspecified atom stereocenters. The van der Waals surface area contributed by atoms with Gasteiger partial charge in [-0.3, -0.25) is 14.4 Å². The molecule has 0 spiro atoms. The SMILES string of the molecule is CCOC(=O)C1=NN(C(C)=O)C2C(=O)N(c3ccc(C)cc3)C(=O)C12. The smallest absolute Gasteiger partial charge is 0.355 e. The summed E-state index contributed by atoms with van der Waals surface area (Å²) in [6.45, 7) is 4.82. The number of carbonyl (C=O) groups is 4. The number of amides is 3. The minimum Gasteiger partial charge on any atom is -0.461 e. The maximum atomic E-state index is 12.8. The summed E-state index contributed by atoms with van der Waals surface area (Å²) in [7, 11) is 0.